The minimum atomic E-state index is -1.04. The average Bonchev–Trinajstić information content (AvgIpc) is 2.70. The van der Waals surface area contributed by atoms with Gasteiger partial charge in [-0.3, -0.25) is 4.90 Å². The second-order valence-corrected chi connectivity index (χ2v) is 3.69. The van der Waals surface area contributed by atoms with Crippen LogP contribution in [0.4, 0.5) is 4.79 Å². The summed E-state index contributed by atoms with van der Waals surface area (Å²) in [6.07, 6.45) is 0.854. The van der Waals surface area contributed by atoms with Gasteiger partial charge in [-0.2, -0.15) is 0 Å². The number of likely N-dealkylation sites (tertiary alicyclic amines) is 1. The minimum absolute atomic E-state index is 0.0704. The number of amides is 1. The molecule has 1 aliphatic rings. The fourth-order valence-electron chi connectivity index (χ4n) is 1.80. The van der Waals surface area contributed by atoms with Crippen molar-refractivity contribution < 1.29 is 24.2 Å². The highest BCUT2D eigenvalue weighted by atomic mass is 16.6. The van der Waals surface area contributed by atoms with Gasteiger partial charge in [0.2, 0.25) is 0 Å². The van der Waals surface area contributed by atoms with Crippen molar-refractivity contribution in [2.75, 3.05) is 19.8 Å². The number of carbonyl (C=O) groups is 2. The van der Waals surface area contributed by atoms with Gasteiger partial charge in [0.25, 0.3) is 0 Å². The van der Waals surface area contributed by atoms with Crippen LogP contribution in [0.3, 0.4) is 0 Å². The summed E-state index contributed by atoms with van der Waals surface area (Å²) >= 11 is 0. The molecule has 6 nitrogen and oxygen atoms in total. The Morgan fingerprint density at radius 3 is 2.82 bits per heavy atom. The maximum Gasteiger partial charge on any atom is 0.410 e. The number of aliphatic carboxylic acids is 1. The van der Waals surface area contributed by atoms with Gasteiger partial charge >= 0.3 is 12.1 Å². The number of nitrogens with zero attached hydrogens (tertiary/aromatic N) is 1. The summed E-state index contributed by atoms with van der Waals surface area (Å²) < 4.78 is 10.2. The van der Waals surface area contributed by atoms with Crippen LogP contribution in [0.5, 0.6) is 0 Å². The third-order valence-corrected chi connectivity index (χ3v) is 2.51. The number of rotatable bonds is 5. The van der Waals surface area contributed by atoms with E-state index in [1.54, 1.807) is 0 Å². The molecule has 0 aliphatic carbocycles. The summed E-state index contributed by atoms with van der Waals surface area (Å²) in [6.45, 7) is 6.06. The van der Waals surface area contributed by atoms with Crippen LogP contribution in [-0.4, -0.2) is 54.0 Å². The number of hydrogen-bond donors (Lipinski definition) is 1. The van der Waals surface area contributed by atoms with E-state index in [4.69, 9.17) is 14.6 Å². The van der Waals surface area contributed by atoms with Gasteiger partial charge in [-0.05, 0) is 6.92 Å². The standard InChI is InChI=1S/C11H17NO5/c1-3-5-17-11(15)12-7-8(16-4-2)6-9(12)10(13)14/h3,8-9H,1,4-7H2,2H3,(H,13,14)/t8-,9+/m1/s1. The second kappa shape index (κ2) is 6.24. The molecular formula is C11H17NO5. The maximum absolute atomic E-state index is 11.6. The molecule has 1 amide bonds. The number of ether oxygens (including phenoxy) is 2. The van der Waals surface area contributed by atoms with Crippen LogP contribution in [0.25, 0.3) is 0 Å². The van der Waals surface area contributed by atoms with E-state index >= 15 is 0 Å². The molecular weight excluding hydrogens is 226 g/mol. The van der Waals surface area contributed by atoms with Gasteiger partial charge in [0.05, 0.1) is 12.6 Å². The fraction of sp³-hybridized carbons (Fsp3) is 0.636. The van der Waals surface area contributed by atoms with Gasteiger partial charge in [-0.1, -0.05) is 12.7 Å². The summed E-state index contributed by atoms with van der Waals surface area (Å²) in [4.78, 5) is 23.8. The molecule has 0 unspecified atom stereocenters. The highest BCUT2D eigenvalue weighted by Gasteiger charge is 2.40. The molecule has 1 rings (SSSR count). The van der Waals surface area contributed by atoms with Crippen LogP contribution in [0.2, 0.25) is 0 Å². The van der Waals surface area contributed by atoms with Gasteiger partial charge in [-0.15, -0.1) is 0 Å². The lowest BCUT2D eigenvalue weighted by molar-refractivity contribution is -0.141. The van der Waals surface area contributed by atoms with Crippen LogP contribution in [0.1, 0.15) is 13.3 Å². The van der Waals surface area contributed by atoms with Gasteiger partial charge in [0, 0.05) is 13.0 Å². The first-order valence-corrected chi connectivity index (χ1v) is 5.48. The molecule has 0 aromatic rings. The highest BCUT2D eigenvalue weighted by Crippen LogP contribution is 2.21. The zero-order chi connectivity index (χ0) is 12.8. The second-order valence-electron chi connectivity index (χ2n) is 3.69. The monoisotopic (exact) mass is 243 g/mol. The quantitative estimate of drug-likeness (QED) is 0.725. The third kappa shape index (κ3) is 3.45. The Kier molecular flexibility index (Phi) is 4.96. The predicted octanol–water partition coefficient (Wildman–Crippen LogP) is 0.873. The van der Waals surface area contributed by atoms with E-state index in [1.165, 1.54) is 11.0 Å². The SMILES string of the molecule is C=CCOC(=O)N1C[C@H](OCC)C[C@H]1C(=O)O. The van der Waals surface area contributed by atoms with Gasteiger partial charge in [0.1, 0.15) is 12.6 Å². The molecule has 96 valence electrons. The van der Waals surface area contributed by atoms with E-state index in [9.17, 15) is 9.59 Å². The predicted molar refractivity (Wildman–Crippen MR) is 59.7 cm³/mol. The van der Waals surface area contributed by atoms with Crippen molar-refractivity contribution in [2.45, 2.75) is 25.5 Å². The fourth-order valence-corrected chi connectivity index (χ4v) is 1.80. The lowest BCUT2D eigenvalue weighted by atomic mass is 10.2. The maximum atomic E-state index is 11.6. The number of carboxylic acid groups (broad SMARTS) is 1. The van der Waals surface area contributed by atoms with Crippen molar-refractivity contribution in [1.29, 1.82) is 0 Å². The van der Waals surface area contributed by atoms with E-state index in [2.05, 4.69) is 6.58 Å². The first kappa shape index (κ1) is 13.5. The first-order valence-electron chi connectivity index (χ1n) is 5.48. The Labute approximate surface area is 99.8 Å². The lowest BCUT2D eigenvalue weighted by Gasteiger charge is -2.20. The molecule has 0 spiro atoms. The highest BCUT2D eigenvalue weighted by molar-refractivity contribution is 5.80. The molecule has 1 heterocycles. The molecule has 1 fully saturated rings. The Balaban J connectivity index is 2.63. The van der Waals surface area contributed by atoms with Crippen LogP contribution in [-0.2, 0) is 14.3 Å². The van der Waals surface area contributed by atoms with Crippen LogP contribution >= 0.6 is 0 Å². The molecule has 17 heavy (non-hydrogen) atoms. The van der Waals surface area contributed by atoms with E-state index in [-0.39, 0.29) is 19.3 Å². The molecule has 1 N–H and O–H groups in total. The number of carboxylic acids is 1. The molecule has 0 aromatic heterocycles. The van der Waals surface area contributed by atoms with Crippen molar-refractivity contribution in [3.8, 4) is 0 Å². The van der Waals surface area contributed by atoms with E-state index in [1.807, 2.05) is 6.92 Å². The first-order chi connectivity index (χ1) is 8.10. The molecule has 1 aliphatic heterocycles. The largest absolute Gasteiger partial charge is 0.480 e. The van der Waals surface area contributed by atoms with Crippen LogP contribution in [0.15, 0.2) is 12.7 Å². The summed E-state index contributed by atoms with van der Waals surface area (Å²) in [5.41, 5.74) is 0. The van der Waals surface area contributed by atoms with Gasteiger partial charge in [-0.25, -0.2) is 9.59 Å². The summed E-state index contributed by atoms with van der Waals surface area (Å²) in [7, 11) is 0. The van der Waals surface area contributed by atoms with E-state index in [0.29, 0.717) is 13.0 Å². The smallest absolute Gasteiger partial charge is 0.410 e. The van der Waals surface area contributed by atoms with E-state index in [0.717, 1.165) is 0 Å². The molecule has 1 saturated heterocycles. The van der Waals surface area contributed by atoms with Crippen molar-refractivity contribution in [1.82, 2.24) is 4.90 Å². The molecule has 0 radical (unpaired) electrons. The Morgan fingerprint density at radius 2 is 2.29 bits per heavy atom. The lowest BCUT2D eigenvalue weighted by Crippen LogP contribution is -2.41. The minimum Gasteiger partial charge on any atom is -0.480 e. The van der Waals surface area contributed by atoms with E-state index < -0.39 is 18.1 Å². The van der Waals surface area contributed by atoms with Gasteiger partial charge in [0.15, 0.2) is 0 Å². The Hall–Kier alpha value is -1.56. The Bertz CT molecular complexity index is 304. The zero-order valence-corrected chi connectivity index (χ0v) is 9.80. The van der Waals surface area contributed by atoms with Gasteiger partial charge < -0.3 is 14.6 Å². The van der Waals surface area contributed by atoms with Crippen molar-refractivity contribution >= 4 is 12.1 Å². The molecule has 0 aromatic carbocycles. The van der Waals surface area contributed by atoms with Crippen LogP contribution in [0, 0.1) is 0 Å². The van der Waals surface area contributed by atoms with Crippen LogP contribution < -0.4 is 0 Å². The van der Waals surface area contributed by atoms with Crippen molar-refractivity contribution in [2.24, 2.45) is 0 Å². The summed E-state index contributed by atoms with van der Waals surface area (Å²) in [6, 6.07) is -0.871. The topological polar surface area (TPSA) is 76.1 Å². The summed E-state index contributed by atoms with van der Waals surface area (Å²) in [5.74, 6) is -1.04. The van der Waals surface area contributed by atoms with Crippen molar-refractivity contribution in [3.63, 3.8) is 0 Å². The average molecular weight is 243 g/mol. The zero-order valence-electron chi connectivity index (χ0n) is 9.80. The molecule has 0 bridgehead atoms. The normalized spacial score (nSPS) is 23.5. The molecule has 6 heteroatoms. The number of hydrogen-bond acceptors (Lipinski definition) is 4. The Morgan fingerprint density at radius 1 is 1.59 bits per heavy atom. The number of carbonyl (C=O) groups excluding carboxylic acids is 1. The third-order valence-electron chi connectivity index (χ3n) is 2.51. The molecule has 2 atom stereocenters. The molecule has 0 saturated carbocycles. The summed E-state index contributed by atoms with van der Waals surface area (Å²) in [5, 5.41) is 9.02. The van der Waals surface area contributed by atoms with Crippen molar-refractivity contribution in [3.05, 3.63) is 12.7 Å².